The number of hydrogen-bond donors (Lipinski definition) is 1. The third-order valence-corrected chi connectivity index (χ3v) is 2.87. The van der Waals surface area contributed by atoms with Crippen molar-refractivity contribution >= 4 is 0 Å². The number of nitrogens with zero attached hydrogens (tertiary/aromatic N) is 2. The number of aryl methyl sites for hydroxylation is 1. The lowest BCUT2D eigenvalue weighted by Gasteiger charge is -2.18. The second-order valence-electron chi connectivity index (χ2n) is 4.71. The highest BCUT2D eigenvalue weighted by Gasteiger charge is 2.17. The first-order chi connectivity index (χ1) is 7.45. The standard InChI is InChI=1S/C13H22N2O/c1-6-12(16)10(5)11-7-9(4)14-13(15-11)8(2)3/h7-8,10,12,16H,6H2,1-5H3. The van der Waals surface area contributed by atoms with Gasteiger partial charge in [-0.15, -0.1) is 0 Å². The van der Waals surface area contributed by atoms with Crippen molar-refractivity contribution in [3.63, 3.8) is 0 Å². The van der Waals surface area contributed by atoms with E-state index in [0.717, 1.165) is 23.6 Å². The third-order valence-electron chi connectivity index (χ3n) is 2.87. The number of hydrogen-bond acceptors (Lipinski definition) is 3. The zero-order valence-corrected chi connectivity index (χ0v) is 10.9. The molecule has 0 aliphatic rings. The maximum Gasteiger partial charge on any atom is 0.131 e. The summed E-state index contributed by atoms with van der Waals surface area (Å²) in [6, 6.07) is 1.97. The van der Waals surface area contributed by atoms with Gasteiger partial charge in [0.15, 0.2) is 0 Å². The van der Waals surface area contributed by atoms with Crippen molar-refractivity contribution in [2.75, 3.05) is 0 Å². The van der Waals surface area contributed by atoms with Gasteiger partial charge < -0.3 is 5.11 Å². The van der Waals surface area contributed by atoms with Gasteiger partial charge in [-0.25, -0.2) is 9.97 Å². The number of aliphatic hydroxyl groups excluding tert-OH is 1. The van der Waals surface area contributed by atoms with Gasteiger partial charge in [0.05, 0.1) is 6.10 Å². The molecule has 16 heavy (non-hydrogen) atoms. The minimum absolute atomic E-state index is 0.0733. The molecule has 0 aromatic carbocycles. The molecule has 1 aromatic rings. The number of rotatable bonds is 4. The Kier molecular flexibility index (Phi) is 4.42. The van der Waals surface area contributed by atoms with E-state index >= 15 is 0 Å². The van der Waals surface area contributed by atoms with Gasteiger partial charge in [-0.1, -0.05) is 27.7 Å². The van der Waals surface area contributed by atoms with Crippen LogP contribution < -0.4 is 0 Å². The molecule has 1 heterocycles. The van der Waals surface area contributed by atoms with Gasteiger partial charge in [-0.05, 0) is 19.4 Å². The highest BCUT2D eigenvalue weighted by atomic mass is 16.3. The van der Waals surface area contributed by atoms with Crippen molar-refractivity contribution in [1.29, 1.82) is 0 Å². The van der Waals surface area contributed by atoms with Gasteiger partial charge in [-0.3, -0.25) is 0 Å². The Hall–Kier alpha value is -0.960. The Bertz CT molecular complexity index is 350. The average Bonchev–Trinajstić information content (AvgIpc) is 2.26. The molecular weight excluding hydrogens is 200 g/mol. The van der Waals surface area contributed by atoms with E-state index in [4.69, 9.17) is 0 Å². The van der Waals surface area contributed by atoms with Gasteiger partial charge in [0.1, 0.15) is 5.82 Å². The van der Waals surface area contributed by atoms with Crippen LogP contribution in [0.25, 0.3) is 0 Å². The van der Waals surface area contributed by atoms with Gasteiger partial charge >= 0.3 is 0 Å². The molecule has 0 radical (unpaired) electrons. The topological polar surface area (TPSA) is 46.0 Å². The minimum Gasteiger partial charge on any atom is -0.392 e. The maximum absolute atomic E-state index is 9.84. The van der Waals surface area contributed by atoms with Crippen LogP contribution in [0, 0.1) is 6.92 Å². The first-order valence-corrected chi connectivity index (χ1v) is 5.99. The number of aromatic nitrogens is 2. The van der Waals surface area contributed by atoms with Gasteiger partial charge in [0, 0.05) is 23.2 Å². The van der Waals surface area contributed by atoms with Crippen LogP contribution in [0.15, 0.2) is 6.07 Å². The molecule has 0 aliphatic heterocycles. The highest BCUT2D eigenvalue weighted by Crippen LogP contribution is 2.21. The van der Waals surface area contributed by atoms with Crippen molar-refractivity contribution < 1.29 is 5.11 Å². The van der Waals surface area contributed by atoms with E-state index in [9.17, 15) is 5.11 Å². The summed E-state index contributed by atoms with van der Waals surface area (Å²) in [6.45, 7) is 10.1. The normalized spacial score (nSPS) is 15.2. The van der Waals surface area contributed by atoms with E-state index < -0.39 is 0 Å². The molecule has 1 aromatic heterocycles. The average molecular weight is 222 g/mol. The molecule has 0 spiro atoms. The zero-order valence-electron chi connectivity index (χ0n) is 10.9. The first kappa shape index (κ1) is 13.1. The quantitative estimate of drug-likeness (QED) is 0.852. The van der Waals surface area contributed by atoms with Crippen LogP contribution in [0.5, 0.6) is 0 Å². The van der Waals surface area contributed by atoms with Crippen molar-refractivity contribution in [3.8, 4) is 0 Å². The predicted molar refractivity (Wildman–Crippen MR) is 65.6 cm³/mol. The van der Waals surface area contributed by atoms with E-state index in [1.165, 1.54) is 0 Å². The van der Waals surface area contributed by atoms with Crippen LogP contribution in [-0.2, 0) is 0 Å². The molecule has 0 amide bonds. The van der Waals surface area contributed by atoms with E-state index in [0.29, 0.717) is 5.92 Å². The summed E-state index contributed by atoms with van der Waals surface area (Å²) < 4.78 is 0. The highest BCUT2D eigenvalue weighted by molar-refractivity contribution is 5.16. The summed E-state index contributed by atoms with van der Waals surface area (Å²) in [7, 11) is 0. The Labute approximate surface area is 97.9 Å². The molecule has 0 saturated carbocycles. The van der Waals surface area contributed by atoms with Gasteiger partial charge in [0.2, 0.25) is 0 Å². The maximum atomic E-state index is 9.84. The predicted octanol–water partition coefficient (Wildman–Crippen LogP) is 2.78. The summed E-state index contributed by atoms with van der Waals surface area (Å²) in [6.07, 6.45) is 0.427. The fraction of sp³-hybridized carbons (Fsp3) is 0.692. The second kappa shape index (κ2) is 5.39. The van der Waals surface area contributed by atoms with Gasteiger partial charge in [-0.2, -0.15) is 0 Å². The van der Waals surface area contributed by atoms with E-state index in [1.807, 2.05) is 26.8 Å². The lowest BCUT2D eigenvalue weighted by atomic mass is 9.98. The molecule has 1 rings (SSSR count). The third kappa shape index (κ3) is 3.01. The summed E-state index contributed by atoms with van der Waals surface area (Å²) in [5, 5.41) is 9.84. The number of aliphatic hydroxyl groups is 1. The summed E-state index contributed by atoms with van der Waals surface area (Å²) in [5.74, 6) is 1.26. The molecular formula is C13H22N2O. The van der Waals surface area contributed by atoms with E-state index in [2.05, 4.69) is 23.8 Å². The summed E-state index contributed by atoms with van der Waals surface area (Å²) in [4.78, 5) is 8.94. The fourth-order valence-electron chi connectivity index (χ4n) is 1.66. The molecule has 90 valence electrons. The van der Waals surface area contributed by atoms with Crippen molar-refractivity contribution in [3.05, 3.63) is 23.3 Å². The first-order valence-electron chi connectivity index (χ1n) is 5.99. The Balaban J connectivity index is 3.04. The van der Waals surface area contributed by atoms with Gasteiger partial charge in [0.25, 0.3) is 0 Å². The summed E-state index contributed by atoms with van der Waals surface area (Å²) >= 11 is 0. The smallest absolute Gasteiger partial charge is 0.131 e. The van der Waals surface area contributed by atoms with Crippen LogP contribution in [0.1, 0.15) is 63.2 Å². The van der Waals surface area contributed by atoms with Crippen LogP contribution in [-0.4, -0.2) is 21.2 Å². The van der Waals surface area contributed by atoms with Crippen LogP contribution in [0.3, 0.4) is 0 Å². The van der Waals surface area contributed by atoms with Crippen LogP contribution in [0.4, 0.5) is 0 Å². The van der Waals surface area contributed by atoms with Crippen molar-refractivity contribution in [2.24, 2.45) is 0 Å². The molecule has 0 saturated heterocycles. The molecule has 0 bridgehead atoms. The summed E-state index contributed by atoms with van der Waals surface area (Å²) in [5.41, 5.74) is 1.93. The molecule has 3 heteroatoms. The van der Waals surface area contributed by atoms with E-state index in [-0.39, 0.29) is 12.0 Å². The molecule has 1 N–H and O–H groups in total. The lowest BCUT2D eigenvalue weighted by Crippen LogP contribution is -2.17. The van der Waals surface area contributed by atoms with E-state index in [1.54, 1.807) is 0 Å². The molecule has 2 unspecified atom stereocenters. The fourth-order valence-corrected chi connectivity index (χ4v) is 1.66. The SMILES string of the molecule is CCC(O)C(C)c1cc(C)nc(C(C)C)n1. The van der Waals surface area contributed by atoms with Crippen molar-refractivity contribution in [2.45, 2.75) is 59.0 Å². The molecule has 0 aliphatic carbocycles. The monoisotopic (exact) mass is 222 g/mol. The largest absolute Gasteiger partial charge is 0.392 e. The molecule has 3 nitrogen and oxygen atoms in total. The lowest BCUT2D eigenvalue weighted by molar-refractivity contribution is 0.143. The van der Waals surface area contributed by atoms with Crippen LogP contribution >= 0.6 is 0 Å². The minimum atomic E-state index is -0.325. The molecule has 0 fully saturated rings. The zero-order chi connectivity index (χ0) is 12.3. The Morgan fingerprint density at radius 1 is 1.25 bits per heavy atom. The molecule has 2 atom stereocenters. The van der Waals surface area contributed by atoms with Crippen LogP contribution in [0.2, 0.25) is 0 Å². The van der Waals surface area contributed by atoms with Crippen molar-refractivity contribution in [1.82, 2.24) is 9.97 Å². The second-order valence-corrected chi connectivity index (χ2v) is 4.71. The Morgan fingerprint density at radius 2 is 1.88 bits per heavy atom. The Morgan fingerprint density at radius 3 is 2.38 bits per heavy atom.